The molecule has 0 atom stereocenters. The molecule has 2 N–H and O–H groups in total. The fourth-order valence-electron chi connectivity index (χ4n) is 4.63. The second kappa shape index (κ2) is 16.6. The number of rotatable bonds is 19. The summed E-state index contributed by atoms with van der Waals surface area (Å²) in [6.45, 7) is 2.28. The van der Waals surface area contributed by atoms with Crippen molar-refractivity contribution in [3.05, 3.63) is 34.2 Å². The molecule has 0 saturated carbocycles. The number of hydrogen-bond acceptors (Lipinski definition) is 4. The average molecular weight is 459 g/mol. The van der Waals surface area contributed by atoms with Crippen LogP contribution < -0.4 is 5.43 Å². The van der Waals surface area contributed by atoms with Crippen LogP contribution in [0.4, 0.5) is 0 Å². The molecule has 2 aromatic rings. The minimum atomic E-state index is -0.258. The summed E-state index contributed by atoms with van der Waals surface area (Å²) in [4.78, 5) is 12.2. The van der Waals surface area contributed by atoms with Crippen LogP contribution in [-0.4, -0.2) is 10.2 Å². The lowest BCUT2D eigenvalue weighted by atomic mass is 10.0. The lowest BCUT2D eigenvalue weighted by molar-refractivity contribution is 0.449. The van der Waals surface area contributed by atoms with E-state index in [1.165, 1.54) is 115 Å². The predicted molar refractivity (Wildman–Crippen MR) is 138 cm³/mol. The molecule has 0 spiro atoms. The van der Waals surface area contributed by atoms with Crippen molar-refractivity contribution in [2.45, 2.75) is 129 Å². The first kappa shape index (κ1) is 27.3. The molecular formula is C29H46O4. The van der Waals surface area contributed by atoms with Gasteiger partial charge in [-0.05, 0) is 6.42 Å². The minimum Gasteiger partial charge on any atom is -0.508 e. The highest BCUT2D eigenvalue weighted by Gasteiger charge is 2.10. The number of aromatic hydroxyl groups is 2. The van der Waals surface area contributed by atoms with Gasteiger partial charge >= 0.3 is 0 Å². The third kappa shape index (κ3) is 11.1. The van der Waals surface area contributed by atoms with Crippen molar-refractivity contribution in [3.8, 4) is 11.5 Å². The van der Waals surface area contributed by atoms with Gasteiger partial charge in [0.1, 0.15) is 28.2 Å². The van der Waals surface area contributed by atoms with Gasteiger partial charge in [-0.15, -0.1) is 0 Å². The summed E-state index contributed by atoms with van der Waals surface area (Å²) in [6, 6.07) is 4.01. The molecule has 0 bridgehead atoms. The van der Waals surface area contributed by atoms with E-state index in [0.717, 1.165) is 18.9 Å². The van der Waals surface area contributed by atoms with E-state index in [-0.39, 0.29) is 27.9 Å². The third-order valence-corrected chi connectivity index (χ3v) is 6.62. The molecule has 2 rings (SSSR count). The van der Waals surface area contributed by atoms with E-state index < -0.39 is 0 Å². The fraction of sp³-hybridized carbons (Fsp3) is 0.690. The van der Waals surface area contributed by atoms with Crippen LogP contribution in [0, 0.1) is 0 Å². The largest absolute Gasteiger partial charge is 0.508 e. The lowest BCUT2D eigenvalue weighted by Gasteiger charge is -2.05. The molecule has 0 aliphatic carbocycles. The van der Waals surface area contributed by atoms with E-state index in [2.05, 4.69) is 6.92 Å². The van der Waals surface area contributed by atoms with Crippen molar-refractivity contribution in [1.29, 1.82) is 0 Å². The quantitative estimate of drug-likeness (QED) is 0.206. The van der Waals surface area contributed by atoms with Crippen molar-refractivity contribution in [2.75, 3.05) is 0 Å². The monoisotopic (exact) mass is 458 g/mol. The number of benzene rings is 1. The van der Waals surface area contributed by atoms with Gasteiger partial charge < -0.3 is 14.6 Å². The second-order valence-electron chi connectivity index (χ2n) is 9.68. The first-order chi connectivity index (χ1) is 16.1. The Morgan fingerprint density at radius 1 is 0.636 bits per heavy atom. The molecule has 186 valence electrons. The van der Waals surface area contributed by atoms with Gasteiger partial charge in [-0.1, -0.05) is 116 Å². The molecule has 1 heterocycles. The molecular weight excluding hydrogens is 412 g/mol. The van der Waals surface area contributed by atoms with Crippen LogP contribution in [0.2, 0.25) is 0 Å². The lowest BCUT2D eigenvalue weighted by Crippen LogP contribution is -2.02. The smallest absolute Gasteiger partial charge is 0.196 e. The average Bonchev–Trinajstić information content (AvgIpc) is 2.77. The summed E-state index contributed by atoms with van der Waals surface area (Å²) in [5.74, 6) is 0.279. The van der Waals surface area contributed by atoms with Crippen LogP contribution in [-0.2, 0) is 6.42 Å². The van der Waals surface area contributed by atoms with Crippen LogP contribution >= 0.6 is 0 Å². The first-order valence-corrected chi connectivity index (χ1v) is 13.6. The number of unbranched alkanes of at least 4 members (excludes halogenated alkanes) is 17. The van der Waals surface area contributed by atoms with Gasteiger partial charge in [-0.2, -0.15) is 0 Å². The maximum Gasteiger partial charge on any atom is 0.196 e. The number of phenols is 2. The highest BCUT2D eigenvalue weighted by Crippen LogP contribution is 2.28. The normalized spacial score (nSPS) is 11.4. The third-order valence-electron chi connectivity index (χ3n) is 6.62. The Bertz CT molecular complexity index is 839. The Morgan fingerprint density at radius 3 is 1.58 bits per heavy atom. The summed E-state index contributed by atoms with van der Waals surface area (Å²) in [5, 5.41) is 19.6. The molecule has 1 aromatic carbocycles. The SMILES string of the molecule is CCCCCCCCCCCCCCCCCCCCc1cc(=O)c2c(O)cc(O)cc2o1. The summed E-state index contributed by atoms with van der Waals surface area (Å²) in [5.41, 5.74) is -0.0106. The molecule has 4 heteroatoms. The topological polar surface area (TPSA) is 70.7 Å². The zero-order chi connectivity index (χ0) is 23.7. The van der Waals surface area contributed by atoms with Gasteiger partial charge in [0.15, 0.2) is 5.43 Å². The van der Waals surface area contributed by atoms with Crippen LogP contribution in [0.3, 0.4) is 0 Å². The summed E-state index contributed by atoms with van der Waals surface area (Å²) >= 11 is 0. The van der Waals surface area contributed by atoms with E-state index in [1.807, 2.05) is 0 Å². The van der Waals surface area contributed by atoms with Gasteiger partial charge in [0.2, 0.25) is 0 Å². The zero-order valence-electron chi connectivity index (χ0n) is 20.9. The predicted octanol–water partition coefficient (Wildman–Crippen LogP) is 8.79. The summed E-state index contributed by atoms with van der Waals surface area (Å²) in [6.07, 6.45) is 24.9. The van der Waals surface area contributed by atoms with Gasteiger partial charge in [0.05, 0.1) is 0 Å². The standard InChI is InChI=1S/C29H46O4/c1-2-3-4-5-6-7-8-9-10-11-12-13-14-15-16-17-18-19-20-25-23-27(32)29-26(31)21-24(30)22-28(29)33-25/h21-23,30-31H,2-20H2,1H3. The van der Waals surface area contributed by atoms with E-state index >= 15 is 0 Å². The Hall–Kier alpha value is -1.97. The second-order valence-corrected chi connectivity index (χ2v) is 9.68. The van der Waals surface area contributed by atoms with Gasteiger partial charge in [0, 0.05) is 24.6 Å². The molecule has 0 fully saturated rings. The first-order valence-electron chi connectivity index (χ1n) is 13.6. The molecule has 1 aromatic heterocycles. The molecule has 0 unspecified atom stereocenters. The molecule has 0 saturated heterocycles. The van der Waals surface area contributed by atoms with E-state index in [9.17, 15) is 15.0 Å². The van der Waals surface area contributed by atoms with Crippen LogP contribution in [0.25, 0.3) is 11.0 Å². The van der Waals surface area contributed by atoms with E-state index in [1.54, 1.807) is 0 Å². The van der Waals surface area contributed by atoms with Crippen molar-refractivity contribution in [2.24, 2.45) is 0 Å². The summed E-state index contributed by atoms with van der Waals surface area (Å²) < 4.78 is 5.72. The number of aryl methyl sites for hydroxylation is 1. The molecule has 0 amide bonds. The molecule has 0 aliphatic rings. The minimum absolute atomic E-state index is 0.103. The van der Waals surface area contributed by atoms with Crippen molar-refractivity contribution in [3.63, 3.8) is 0 Å². The highest BCUT2D eigenvalue weighted by molar-refractivity contribution is 5.84. The van der Waals surface area contributed by atoms with E-state index in [0.29, 0.717) is 12.2 Å². The molecule has 33 heavy (non-hydrogen) atoms. The van der Waals surface area contributed by atoms with Gasteiger partial charge in [-0.3, -0.25) is 4.79 Å². The van der Waals surface area contributed by atoms with Crippen molar-refractivity contribution >= 4 is 11.0 Å². The van der Waals surface area contributed by atoms with Gasteiger partial charge in [-0.25, -0.2) is 0 Å². The Balaban J connectivity index is 1.42. The molecule has 0 aliphatic heterocycles. The number of fused-ring (bicyclic) bond motifs is 1. The van der Waals surface area contributed by atoms with Crippen molar-refractivity contribution < 1.29 is 14.6 Å². The summed E-state index contributed by atoms with van der Waals surface area (Å²) in [7, 11) is 0. The highest BCUT2D eigenvalue weighted by atomic mass is 16.3. The fourth-order valence-corrected chi connectivity index (χ4v) is 4.63. The molecule has 0 radical (unpaired) electrons. The number of hydrogen-bond donors (Lipinski definition) is 2. The Labute approximate surface area is 200 Å². The van der Waals surface area contributed by atoms with E-state index in [4.69, 9.17) is 4.42 Å². The maximum atomic E-state index is 12.2. The zero-order valence-corrected chi connectivity index (χ0v) is 20.9. The number of phenolic OH excluding ortho intramolecular Hbond substituents is 2. The van der Waals surface area contributed by atoms with Crippen LogP contribution in [0.15, 0.2) is 27.4 Å². The van der Waals surface area contributed by atoms with Crippen LogP contribution in [0.5, 0.6) is 11.5 Å². The molecule has 4 nitrogen and oxygen atoms in total. The maximum absolute atomic E-state index is 12.2. The van der Waals surface area contributed by atoms with Gasteiger partial charge in [0.25, 0.3) is 0 Å². The Kier molecular flexibility index (Phi) is 13.7. The van der Waals surface area contributed by atoms with Crippen LogP contribution in [0.1, 0.15) is 128 Å². The van der Waals surface area contributed by atoms with Crippen molar-refractivity contribution in [1.82, 2.24) is 0 Å². The Morgan fingerprint density at radius 2 is 1.09 bits per heavy atom.